The Kier molecular flexibility index (Phi) is 3.95. The van der Waals surface area contributed by atoms with Gasteiger partial charge < -0.3 is 5.43 Å². The Hall–Kier alpha value is -0.690. The molecule has 0 aromatic heterocycles. The zero-order valence-corrected chi connectivity index (χ0v) is 8.02. The summed E-state index contributed by atoms with van der Waals surface area (Å²) in [5.74, 6) is 2.28. The second-order valence-corrected chi connectivity index (χ2v) is 3.98. The van der Waals surface area contributed by atoms with Gasteiger partial charge >= 0.3 is 0 Å². The molecule has 0 amide bonds. The van der Waals surface area contributed by atoms with Crippen LogP contribution in [0.5, 0.6) is 0 Å². The summed E-state index contributed by atoms with van der Waals surface area (Å²) >= 11 is 1.91. The molecule has 0 spiro atoms. The molecule has 3 nitrogen and oxygen atoms in total. The first-order chi connectivity index (χ1) is 5.83. The maximum atomic E-state index is 8.48. The van der Waals surface area contributed by atoms with E-state index in [1.54, 1.807) is 0 Å². The van der Waals surface area contributed by atoms with Gasteiger partial charge in [-0.1, -0.05) is 0 Å². The predicted molar refractivity (Wildman–Crippen MR) is 52.2 cm³/mol. The first-order valence-corrected chi connectivity index (χ1v) is 5.24. The molecule has 1 N–H and O–H groups in total. The minimum atomic E-state index is 0.0448. The molecule has 1 aliphatic rings. The molecule has 1 aliphatic heterocycles. The Morgan fingerprint density at radius 1 is 1.83 bits per heavy atom. The maximum Gasteiger partial charge on any atom is 0.0672 e. The van der Waals surface area contributed by atoms with E-state index in [0.29, 0.717) is 6.54 Å². The van der Waals surface area contributed by atoms with Gasteiger partial charge in [0, 0.05) is 18.0 Å². The minimum absolute atomic E-state index is 0.0448. The summed E-state index contributed by atoms with van der Waals surface area (Å²) in [4.78, 5) is 0. The molecule has 1 fully saturated rings. The van der Waals surface area contributed by atoms with Crippen molar-refractivity contribution in [2.75, 3.05) is 18.1 Å². The van der Waals surface area contributed by atoms with E-state index >= 15 is 0 Å². The molecule has 4 heteroatoms. The van der Waals surface area contributed by atoms with Crippen molar-refractivity contribution in [3.63, 3.8) is 0 Å². The molecule has 0 aliphatic carbocycles. The third-order valence-corrected chi connectivity index (χ3v) is 2.69. The summed E-state index contributed by atoms with van der Waals surface area (Å²) in [6.45, 7) is 2.54. The Bertz CT molecular complexity index is 199. The van der Waals surface area contributed by atoms with Gasteiger partial charge in [-0.25, -0.2) is 0 Å². The van der Waals surface area contributed by atoms with E-state index in [2.05, 4.69) is 16.6 Å². The number of rotatable bonds is 3. The number of nitrogens with zero attached hydrogens (tertiary/aromatic N) is 2. The van der Waals surface area contributed by atoms with Crippen LogP contribution in [0.15, 0.2) is 5.10 Å². The number of thioether (sulfide) groups is 1. The summed E-state index contributed by atoms with van der Waals surface area (Å²) in [7, 11) is 0. The predicted octanol–water partition coefficient (Wildman–Crippen LogP) is 1.23. The minimum Gasteiger partial charge on any atom is -0.309 e. The fourth-order valence-corrected chi connectivity index (χ4v) is 1.85. The number of nitriles is 1. The second kappa shape index (κ2) is 5.04. The normalized spacial score (nSPS) is 22.2. The third kappa shape index (κ3) is 3.14. The highest BCUT2D eigenvalue weighted by molar-refractivity contribution is 8.00. The molecule has 1 atom stereocenters. The molecule has 1 heterocycles. The van der Waals surface area contributed by atoms with Gasteiger partial charge in [-0.05, 0) is 19.1 Å². The number of hydrogen-bond donors (Lipinski definition) is 1. The molecule has 0 bridgehead atoms. The van der Waals surface area contributed by atoms with Crippen LogP contribution in [0.3, 0.4) is 0 Å². The lowest BCUT2D eigenvalue weighted by Crippen LogP contribution is -2.16. The van der Waals surface area contributed by atoms with Gasteiger partial charge in [0.25, 0.3) is 0 Å². The summed E-state index contributed by atoms with van der Waals surface area (Å²) in [6, 6.07) is 2.15. The summed E-state index contributed by atoms with van der Waals surface area (Å²) < 4.78 is 0. The van der Waals surface area contributed by atoms with E-state index in [-0.39, 0.29) is 5.92 Å². The van der Waals surface area contributed by atoms with E-state index in [4.69, 9.17) is 5.26 Å². The van der Waals surface area contributed by atoms with Crippen molar-refractivity contribution >= 4 is 17.5 Å². The molecular formula is C8H13N3S. The van der Waals surface area contributed by atoms with Crippen molar-refractivity contribution in [2.24, 2.45) is 11.0 Å². The molecule has 0 aromatic rings. The largest absolute Gasteiger partial charge is 0.309 e. The Morgan fingerprint density at radius 3 is 3.25 bits per heavy atom. The lowest BCUT2D eigenvalue weighted by atomic mass is 10.2. The van der Waals surface area contributed by atoms with Crippen LogP contribution in [0, 0.1) is 17.2 Å². The van der Waals surface area contributed by atoms with Gasteiger partial charge in [-0.3, -0.25) is 0 Å². The van der Waals surface area contributed by atoms with Crippen molar-refractivity contribution in [1.82, 2.24) is 5.43 Å². The SMILES string of the molecule is CC(C#N)CN/N=C1\CCSC1. The fraction of sp³-hybridized carbons (Fsp3) is 0.750. The number of hydrogen-bond acceptors (Lipinski definition) is 4. The van der Waals surface area contributed by atoms with Crippen molar-refractivity contribution in [2.45, 2.75) is 13.3 Å². The zero-order valence-electron chi connectivity index (χ0n) is 7.21. The molecule has 1 unspecified atom stereocenters. The van der Waals surface area contributed by atoms with E-state index in [0.717, 1.165) is 12.2 Å². The van der Waals surface area contributed by atoms with E-state index in [1.165, 1.54) is 11.5 Å². The van der Waals surface area contributed by atoms with Gasteiger partial charge in [-0.15, -0.1) is 0 Å². The Labute approximate surface area is 77.2 Å². The highest BCUT2D eigenvalue weighted by atomic mass is 32.2. The topological polar surface area (TPSA) is 48.2 Å². The lowest BCUT2D eigenvalue weighted by molar-refractivity contribution is 0.626. The first kappa shape index (κ1) is 9.40. The smallest absolute Gasteiger partial charge is 0.0672 e. The van der Waals surface area contributed by atoms with Crippen LogP contribution < -0.4 is 5.43 Å². The van der Waals surface area contributed by atoms with Crippen LogP contribution >= 0.6 is 11.8 Å². The lowest BCUT2D eigenvalue weighted by Gasteiger charge is -2.01. The first-order valence-electron chi connectivity index (χ1n) is 4.08. The highest BCUT2D eigenvalue weighted by Gasteiger charge is 2.07. The van der Waals surface area contributed by atoms with E-state index in [9.17, 15) is 0 Å². The molecule has 66 valence electrons. The average Bonchev–Trinajstić information content (AvgIpc) is 2.57. The molecular weight excluding hydrogens is 170 g/mol. The fourth-order valence-electron chi connectivity index (χ4n) is 0.880. The summed E-state index contributed by atoms with van der Waals surface area (Å²) in [5, 5.41) is 12.7. The second-order valence-electron chi connectivity index (χ2n) is 2.87. The molecule has 12 heavy (non-hydrogen) atoms. The molecule has 0 saturated carbocycles. The van der Waals surface area contributed by atoms with Crippen LogP contribution in [0.25, 0.3) is 0 Å². The van der Waals surface area contributed by atoms with Crippen LogP contribution in [0.4, 0.5) is 0 Å². The zero-order chi connectivity index (χ0) is 8.81. The average molecular weight is 183 g/mol. The van der Waals surface area contributed by atoms with Gasteiger partial charge in [0.1, 0.15) is 0 Å². The maximum absolute atomic E-state index is 8.48. The number of hydrazone groups is 1. The summed E-state index contributed by atoms with van der Waals surface area (Å²) in [5.41, 5.74) is 4.16. The van der Waals surface area contributed by atoms with E-state index < -0.39 is 0 Å². The van der Waals surface area contributed by atoms with Crippen LogP contribution in [0.2, 0.25) is 0 Å². The molecule has 1 saturated heterocycles. The monoisotopic (exact) mass is 183 g/mol. The van der Waals surface area contributed by atoms with Gasteiger partial charge in [-0.2, -0.15) is 22.1 Å². The van der Waals surface area contributed by atoms with Crippen molar-refractivity contribution in [3.05, 3.63) is 0 Å². The van der Waals surface area contributed by atoms with Gasteiger partial charge in [0.2, 0.25) is 0 Å². The van der Waals surface area contributed by atoms with Crippen molar-refractivity contribution in [1.29, 1.82) is 5.26 Å². The van der Waals surface area contributed by atoms with E-state index in [1.807, 2.05) is 18.7 Å². The standard InChI is InChI=1S/C8H13N3S/c1-7(4-9)5-10-11-8-2-3-12-6-8/h7,10H,2-3,5-6H2,1H3/b11-8+. The van der Waals surface area contributed by atoms with Gasteiger partial charge in [0.05, 0.1) is 12.0 Å². The Balaban J connectivity index is 2.16. The van der Waals surface area contributed by atoms with Crippen LogP contribution in [-0.2, 0) is 0 Å². The summed E-state index contributed by atoms with van der Waals surface area (Å²) in [6.07, 6.45) is 1.10. The highest BCUT2D eigenvalue weighted by Crippen LogP contribution is 2.13. The van der Waals surface area contributed by atoms with Crippen molar-refractivity contribution in [3.8, 4) is 6.07 Å². The van der Waals surface area contributed by atoms with Crippen LogP contribution in [0.1, 0.15) is 13.3 Å². The Morgan fingerprint density at radius 2 is 2.67 bits per heavy atom. The van der Waals surface area contributed by atoms with Gasteiger partial charge in [0.15, 0.2) is 0 Å². The molecule has 0 radical (unpaired) electrons. The quantitative estimate of drug-likeness (QED) is 0.669. The van der Waals surface area contributed by atoms with Crippen LogP contribution in [-0.4, -0.2) is 23.8 Å². The molecule has 0 aromatic carbocycles. The van der Waals surface area contributed by atoms with Crippen molar-refractivity contribution < 1.29 is 0 Å². The third-order valence-electron chi connectivity index (χ3n) is 1.66. The molecule has 1 rings (SSSR count). The number of nitrogens with one attached hydrogen (secondary N) is 1.